The number of fused-ring (bicyclic) bond motifs is 1. The number of piperazine rings is 1. The summed E-state index contributed by atoms with van der Waals surface area (Å²) < 4.78 is 48.0. The average Bonchev–Trinajstić information content (AvgIpc) is 3.31. The summed E-state index contributed by atoms with van der Waals surface area (Å²) in [6.07, 6.45) is 3.82. The second-order valence-electron chi connectivity index (χ2n) is 8.17. The predicted octanol–water partition coefficient (Wildman–Crippen LogP) is 3.20. The van der Waals surface area contributed by atoms with Gasteiger partial charge in [0.05, 0.1) is 10.6 Å². The molecular formula is C25H23FN4O4S. The number of carbonyl (C=O) groups excluding carboxylic acids is 1. The number of amides is 1. The van der Waals surface area contributed by atoms with Crippen molar-refractivity contribution in [2.45, 2.75) is 11.5 Å². The van der Waals surface area contributed by atoms with Crippen molar-refractivity contribution in [3.63, 3.8) is 0 Å². The summed E-state index contributed by atoms with van der Waals surface area (Å²) in [5.41, 5.74) is 2.13. The Labute approximate surface area is 202 Å². The molecule has 1 aliphatic heterocycles. The molecule has 1 fully saturated rings. The molecule has 0 aliphatic carbocycles. The molecule has 35 heavy (non-hydrogen) atoms. The van der Waals surface area contributed by atoms with Crippen molar-refractivity contribution in [1.29, 1.82) is 0 Å². The maximum absolute atomic E-state index is 13.5. The third-order valence-electron chi connectivity index (χ3n) is 5.86. The van der Waals surface area contributed by atoms with Crippen LogP contribution in [0.5, 0.6) is 5.75 Å². The number of aromatic nitrogens is 2. The number of hydrogen-bond acceptors (Lipinski definition) is 5. The quantitative estimate of drug-likeness (QED) is 0.411. The number of rotatable bonds is 6. The molecule has 0 atom stereocenters. The fourth-order valence-corrected chi connectivity index (χ4v) is 5.45. The summed E-state index contributed by atoms with van der Waals surface area (Å²) in [6, 6.07) is 17.6. The number of nitrogens with zero attached hydrogens (tertiary/aromatic N) is 4. The number of sulfonamides is 1. The Morgan fingerprint density at radius 3 is 2.46 bits per heavy atom. The Hall–Kier alpha value is -3.76. The van der Waals surface area contributed by atoms with Crippen LogP contribution in [0, 0.1) is 5.82 Å². The highest BCUT2D eigenvalue weighted by molar-refractivity contribution is 7.89. The van der Waals surface area contributed by atoms with Gasteiger partial charge in [-0.1, -0.05) is 12.1 Å². The third kappa shape index (κ3) is 4.89. The van der Waals surface area contributed by atoms with E-state index in [-0.39, 0.29) is 37.0 Å². The van der Waals surface area contributed by atoms with Gasteiger partial charge < -0.3 is 14.0 Å². The van der Waals surface area contributed by atoms with E-state index in [1.807, 2.05) is 35.0 Å². The first-order valence-corrected chi connectivity index (χ1v) is 12.5. The monoisotopic (exact) mass is 494 g/mol. The second kappa shape index (κ2) is 9.47. The van der Waals surface area contributed by atoms with Crippen LogP contribution in [0.15, 0.2) is 84.0 Å². The van der Waals surface area contributed by atoms with Crippen LogP contribution in [0.4, 0.5) is 4.39 Å². The molecule has 0 radical (unpaired) electrons. The smallest absolute Gasteiger partial charge is 0.253 e. The molecule has 2 aromatic heterocycles. The molecule has 3 heterocycles. The minimum absolute atomic E-state index is 0.0866. The van der Waals surface area contributed by atoms with Gasteiger partial charge in [0.1, 0.15) is 23.8 Å². The molecule has 8 nitrogen and oxygen atoms in total. The zero-order chi connectivity index (χ0) is 24.4. The van der Waals surface area contributed by atoms with Crippen molar-refractivity contribution >= 4 is 21.6 Å². The van der Waals surface area contributed by atoms with E-state index in [1.54, 1.807) is 29.2 Å². The predicted molar refractivity (Wildman–Crippen MR) is 127 cm³/mol. The number of imidazole rings is 1. The van der Waals surface area contributed by atoms with Gasteiger partial charge in [0.15, 0.2) is 0 Å². The third-order valence-corrected chi connectivity index (χ3v) is 7.76. The highest BCUT2D eigenvalue weighted by atomic mass is 32.2. The lowest BCUT2D eigenvalue weighted by Gasteiger charge is -2.34. The number of carbonyl (C=O) groups is 1. The van der Waals surface area contributed by atoms with Gasteiger partial charge in [-0.05, 0) is 54.6 Å². The van der Waals surface area contributed by atoms with Crippen LogP contribution in [0.2, 0.25) is 0 Å². The molecule has 0 saturated carbocycles. The van der Waals surface area contributed by atoms with Gasteiger partial charge >= 0.3 is 0 Å². The highest BCUT2D eigenvalue weighted by Gasteiger charge is 2.30. The molecule has 1 aliphatic rings. The minimum atomic E-state index is -3.81. The van der Waals surface area contributed by atoms with Crippen LogP contribution < -0.4 is 4.74 Å². The molecule has 0 bridgehead atoms. The summed E-state index contributed by atoms with van der Waals surface area (Å²) in [7, 11) is -3.81. The molecule has 4 aromatic rings. The van der Waals surface area contributed by atoms with Crippen LogP contribution in [0.25, 0.3) is 5.65 Å². The Morgan fingerprint density at radius 2 is 1.74 bits per heavy atom. The van der Waals surface area contributed by atoms with Gasteiger partial charge in [0, 0.05) is 44.1 Å². The highest BCUT2D eigenvalue weighted by Crippen LogP contribution is 2.20. The molecule has 0 N–H and O–H groups in total. The van der Waals surface area contributed by atoms with Gasteiger partial charge in [-0.15, -0.1) is 0 Å². The van der Waals surface area contributed by atoms with E-state index >= 15 is 0 Å². The van der Waals surface area contributed by atoms with E-state index in [0.29, 0.717) is 17.9 Å². The SMILES string of the molecule is O=C(c1ccc(OCc2cn3ccccc3n2)cc1)N1CCN(S(=O)(=O)c2cccc(F)c2)CC1. The van der Waals surface area contributed by atoms with Gasteiger partial charge in [-0.3, -0.25) is 4.79 Å². The Balaban J connectivity index is 1.17. The molecule has 1 saturated heterocycles. The molecule has 1 amide bonds. The van der Waals surface area contributed by atoms with E-state index in [2.05, 4.69) is 4.98 Å². The summed E-state index contributed by atoms with van der Waals surface area (Å²) in [4.78, 5) is 18.9. The van der Waals surface area contributed by atoms with E-state index in [0.717, 1.165) is 17.4 Å². The topological polar surface area (TPSA) is 84.2 Å². The lowest BCUT2D eigenvalue weighted by Crippen LogP contribution is -2.50. The van der Waals surface area contributed by atoms with E-state index in [9.17, 15) is 17.6 Å². The Bertz CT molecular complexity index is 1430. The van der Waals surface area contributed by atoms with Crippen LogP contribution in [-0.4, -0.2) is 59.1 Å². The summed E-state index contributed by atoms with van der Waals surface area (Å²) in [5, 5.41) is 0. The fraction of sp³-hybridized carbons (Fsp3) is 0.200. The number of hydrogen-bond donors (Lipinski definition) is 0. The largest absolute Gasteiger partial charge is 0.487 e. The molecule has 2 aromatic carbocycles. The zero-order valence-corrected chi connectivity index (χ0v) is 19.6. The number of benzene rings is 2. The molecule has 0 unspecified atom stereocenters. The van der Waals surface area contributed by atoms with Crippen molar-refractivity contribution in [2.24, 2.45) is 0 Å². The van der Waals surface area contributed by atoms with Gasteiger partial charge in [-0.25, -0.2) is 17.8 Å². The van der Waals surface area contributed by atoms with Crippen molar-refractivity contribution in [3.8, 4) is 5.75 Å². The van der Waals surface area contributed by atoms with Crippen LogP contribution in [0.3, 0.4) is 0 Å². The second-order valence-corrected chi connectivity index (χ2v) is 10.1. The van der Waals surface area contributed by atoms with Gasteiger partial charge in [0.2, 0.25) is 10.0 Å². The maximum Gasteiger partial charge on any atom is 0.253 e. The van der Waals surface area contributed by atoms with Gasteiger partial charge in [0.25, 0.3) is 5.91 Å². The fourth-order valence-electron chi connectivity index (χ4n) is 4.00. The number of ether oxygens (including phenoxy) is 1. The lowest BCUT2D eigenvalue weighted by molar-refractivity contribution is 0.0698. The first kappa shape index (κ1) is 23.0. The minimum Gasteiger partial charge on any atom is -0.487 e. The van der Waals surface area contributed by atoms with Crippen molar-refractivity contribution in [3.05, 3.63) is 96.2 Å². The van der Waals surface area contributed by atoms with Crippen LogP contribution in [-0.2, 0) is 16.6 Å². The first-order chi connectivity index (χ1) is 16.9. The first-order valence-electron chi connectivity index (χ1n) is 11.1. The summed E-state index contributed by atoms with van der Waals surface area (Å²) in [6.45, 7) is 1.09. The molecule has 180 valence electrons. The van der Waals surface area contributed by atoms with E-state index in [1.165, 1.54) is 22.5 Å². The Kier molecular flexibility index (Phi) is 6.23. The number of pyridine rings is 1. The zero-order valence-electron chi connectivity index (χ0n) is 18.7. The molecular weight excluding hydrogens is 471 g/mol. The maximum atomic E-state index is 13.5. The summed E-state index contributed by atoms with van der Waals surface area (Å²) in [5.74, 6) is -0.171. The lowest BCUT2D eigenvalue weighted by atomic mass is 10.2. The molecule has 5 rings (SSSR count). The molecule has 10 heteroatoms. The van der Waals surface area contributed by atoms with E-state index in [4.69, 9.17) is 4.74 Å². The van der Waals surface area contributed by atoms with E-state index < -0.39 is 15.8 Å². The Morgan fingerprint density at radius 1 is 0.971 bits per heavy atom. The number of halogens is 1. The average molecular weight is 495 g/mol. The van der Waals surface area contributed by atoms with Crippen molar-refractivity contribution in [2.75, 3.05) is 26.2 Å². The summed E-state index contributed by atoms with van der Waals surface area (Å²) >= 11 is 0. The normalized spacial score (nSPS) is 14.8. The van der Waals surface area contributed by atoms with Gasteiger partial charge in [-0.2, -0.15) is 4.31 Å². The van der Waals surface area contributed by atoms with Crippen LogP contribution >= 0.6 is 0 Å². The van der Waals surface area contributed by atoms with Crippen molar-refractivity contribution in [1.82, 2.24) is 18.6 Å². The standard InChI is InChI=1S/C25H23FN4O4S/c26-20-4-3-5-23(16-20)35(32,33)30-14-12-28(13-15-30)25(31)19-7-9-22(10-8-19)34-18-21-17-29-11-2-1-6-24(29)27-21/h1-11,16-17H,12-15,18H2. The molecule has 0 spiro atoms. The van der Waals surface area contributed by atoms with Crippen molar-refractivity contribution < 1.29 is 22.3 Å². The van der Waals surface area contributed by atoms with Crippen LogP contribution in [0.1, 0.15) is 16.1 Å².